The first-order chi connectivity index (χ1) is 7.78. The molecule has 1 N–H and O–H groups in total. The molecule has 3 heteroatoms. The standard InChI is InChI=1S/C13H10O3/c14-9-10-4-6-12(7-5-10)16-13-3-1-2-11(15)8-13/h1-9,15H. The van der Waals surface area contributed by atoms with Gasteiger partial charge in [-0.25, -0.2) is 0 Å². The number of rotatable bonds is 3. The van der Waals surface area contributed by atoms with Crippen LogP contribution in [0.15, 0.2) is 48.5 Å². The summed E-state index contributed by atoms with van der Waals surface area (Å²) in [6, 6.07) is 13.3. The Morgan fingerprint density at radius 2 is 1.75 bits per heavy atom. The van der Waals surface area contributed by atoms with E-state index < -0.39 is 0 Å². The van der Waals surface area contributed by atoms with Crippen LogP contribution < -0.4 is 4.74 Å². The molecule has 2 rings (SSSR count). The predicted molar refractivity (Wildman–Crippen MR) is 60.0 cm³/mol. The first-order valence-corrected chi connectivity index (χ1v) is 4.80. The summed E-state index contributed by atoms with van der Waals surface area (Å²) >= 11 is 0. The molecule has 0 aliphatic rings. The number of hydrogen-bond donors (Lipinski definition) is 1. The maximum atomic E-state index is 10.4. The van der Waals surface area contributed by atoms with Crippen LogP contribution in [0.2, 0.25) is 0 Å². The van der Waals surface area contributed by atoms with Gasteiger partial charge in [-0.1, -0.05) is 6.07 Å². The highest BCUT2D eigenvalue weighted by Crippen LogP contribution is 2.24. The molecule has 16 heavy (non-hydrogen) atoms. The lowest BCUT2D eigenvalue weighted by atomic mass is 10.2. The maximum Gasteiger partial charge on any atom is 0.150 e. The van der Waals surface area contributed by atoms with Crippen molar-refractivity contribution in [3.05, 3.63) is 54.1 Å². The lowest BCUT2D eigenvalue weighted by Gasteiger charge is -2.05. The summed E-state index contributed by atoms with van der Waals surface area (Å²) in [6.45, 7) is 0. The molecule has 0 atom stereocenters. The van der Waals surface area contributed by atoms with Gasteiger partial charge < -0.3 is 9.84 Å². The van der Waals surface area contributed by atoms with Crippen LogP contribution in [0.3, 0.4) is 0 Å². The van der Waals surface area contributed by atoms with Gasteiger partial charge in [-0.15, -0.1) is 0 Å². The largest absolute Gasteiger partial charge is 0.508 e. The first-order valence-electron chi connectivity index (χ1n) is 4.80. The van der Waals surface area contributed by atoms with E-state index in [2.05, 4.69) is 0 Å². The topological polar surface area (TPSA) is 46.5 Å². The SMILES string of the molecule is O=Cc1ccc(Oc2cccc(O)c2)cc1. The van der Waals surface area contributed by atoms with Crippen molar-refractivity contribution < 1.29 is 14.6 Å². The molecule has 0 spiro atoms. The molecule has 0 fully saturated rings. The number of ether oxygens (including phenoxy) is 1. The van der Waals surface area contributed by atoms with Crippen molar-refractivity contribution >= 4 is 6.29 Å². The molecule has 0 unspecified atom stereocenters. The summed E-state index contributed by atoms with van der Waals surface area (Å²) in [5.41, 5.74) is 0.600. The molecule has 0 saturated carbocycles. The molecule has 2 aromatic rings. The number of carbonyl (C=O) groups is 1. The minimum atomic E-state index is 0.155. The zero-order chi connectivity index (χ0) is 11.4. The fourth-order valence-electron chi connectivity index (χ4n) is 1.30. The summed E-state index contributed by atoms with van der Waals surface area (Å²) in [5.74, 6) is 1.33. The van der Waals surface area contributed by atoms with Crippen LogP contribution in [0.1, 0.15) is 10.4 Å². The summed E-state index contributed by atoms with van der Waals surface area (Å²) < 4.78 is 5.48. The monoisotopic (exact) mass is 214 g/mol. The third kappa shape index (κ3) is 2.39. The van der Waals surface area contributed by atoms with Gasteiger partial charge in [0.25, 0.3) is 0 Å². The van der Waals surface area contributed by atoms with Crippen LogP contribution in [0, 0.1) is 0 Å². The molecule has 0 saturated heterocycles. The Morgan fingerprint density at radius 3 is 2.38 bits per heavy atom. The second-order valence-corrected chi connectivity index (χ2v) is 3.29. The lowest BCUT2D eigenvalue weighted by molar-refractivity contribution is 0.112. The molecule has 0 aromatic heterocycles. The number of hydrogen-bond acceptors (Lipinski definition) is 3. The zero-order valence-electron chi connectivity index (χ0n) is 8.46. The third-order valence-electron chi connectivity index (χ3n) is 2.07. The van der Waals surface area contributed by atoms with E-state index in [0.717, 1.165) is 6.29 Å². The van der Waals surface area contributed by atoms with Crippen molar-refractivity contribution in [2.24, 2.45) is 0 Å². The minimum absolute atomic E-state index is 0.155. The molecular weight excluding hydrogens is 204 g/mol. The van der Waals surface area contributed by atoms with Crippen LogP contribution in [0.5, 0.6) is 17.2 Å². The Bertz CT molecular complexity index is 489. The Hall–Kier alpha value is -2.29. The number of carbonyl (C=O) groups excluding carboxylic acids is 1. The van der Waals surface area contributed by atoms with Crippen LogP contribution in [0.25, 0.3) is 0 Å². The van der Waals surface area contributed by atoms with Crippen LogP contribution in [-0.4, -0.2) is 11.4 Å². The molecule has 3 nitrogen and oxygen atoms in total. The van der Waals surface area contributed by atoms with Crippen LogP contribution >= 0.6 is 0 Å². The highest BCUT2D eigenvalue weighted by Gasteiger charge is 1.98. The van der Waals surface area contributed by atoms with E-state index in [4.69, 9.17) is 4.74 Å². The van der Waals surface area contributed by atoms with E-state index in [-0.39, 0.29) is 5.75 Å². The average molecular weight is 214 g/mol. The summed E-state index contributed by atoms with van der Waals surface area (Å²) in [7, 11) is 0. The summed E-state index contributed by atoms with van der Waals surface area (Å²) in [4.78, 5) is 10.4. The average Bonchev–Trinajstić information content (AvgIpc) is 2.30. The second kappa shape index (κ2) is 4.49. The number of phenolic OH excluding ortho intramolecular Hbond substituents is 1. The van der Waals surface area contributed by atoms with Gasteiger partial charge in [0.1, 0.15) is 23.5 Å². The Kier molecular flexibility index (Phi) is 2.87. The van der Waals surface area contributed by atoms with Crippen molar-refractivity contribution in [1.29, 1.82) is 0 Å². The highest BCUT2D eigenvalue weighted by molar-refractivity contribution is 5.74. The van der Waals surface area contributed by atoms with Crippen molar-refractivity contribution in [3.8, 4) is 17.2 Å². The van der Waals surface area contributed by atoms with E-state index in [1.807, 2.05) is 0 Å². The van der Waals surface area contributed by atoms with Gasteiger partial charge in [-0.05, 0) is 36.4 Å². The second-order valence-electron chi connectivity index (χ2n) is 3.29. The quantitative estimate of drug-likeness (QED) is 0.799. The Labute approximate surface area is 92.9 Å². The van der Waals surface area contributed by atoms with E-state index in [1.165, 1.54) is 6.07 Å². The summed E-state index contributed by atoms with van der Waals surface area (Å²) in [6.07, 6.45) is 0.776. The number of benzene rings is 2. The molecule has 0 aliphatic carbocycles. The van der Waals surface area contributed by atoms with Gasteiger partial charge in [0.15, 0.2) is 0 Å². The molecule has 0 radical (unpaired) electrons. The van der Waals surface area contributed by atoms with Gasteiger partial charge >= 0.3 is 0 Å². The van der Waals surface area contributed by atoms with E-state index in [1.54, 1.807) is 42.5 Å². The maximum absolute atomic E-state index is 10.4. The van der Waals surface area contributed by atoms with Crippen LogP contribution in [-0.2, 0) is 0 Å². The molecule has 80 valence electrons. The normalized spacial score (nSPS) is 9.75. The third-order valence-corrected chi connectivity index (χ3v) is 2.07. The van der Waals surface area contributed by atoms with Crippen molar-refractivity contribution in [2.75, 3.05) is 0 Å². The fraction of sp³-hybridized carbons (Fsp3) is 0. The predicted octanol–water partition coefficient (Wildman–Crippen LogP) is 3.00. The Morgan fingerprint density at radius 1 is 1.00 bits per heavy atom. The van der Waals surface area contributed by atoms with Gasteiger partial charge in [0.05, 0.1) is 0 Å². The van der Waals surface area contributed by atoms with Gasteiger partial charge in [-0.3, -0.25) is 4.79 Å². The first kappa shape index (κ1) is 10.2. The van der Waals surface area contributed by atoms with Crippen molar-refractivity contribution in [2.45, 2.75) is 0 Å². The van der Waals surface area contributed by atoms with Gasteiger partial charge in [0, 0.05) is 11.6 Å². The molecule has 0 heterocycles. The van der Waals surface area contributed by atoms with E-state index in [0.29, 0.717) is 17.1 Å². The van der Waals surface area contributed by atoms with Crippen molar-refractivity contribution in [3.63, 3.8) is 0 Å². The molecular formula is C13H10O3. The fourth-order valence-corrected chi connectivity index (χ4v) is 1.30. The number of phenols is 1. The number of aromatic hydroxyl groups is 1. The minimum Gasteiger partial charge on any atom is -0.508 e. The molecule has 0 bridgehead atoms. The van der Waals surface area contributed by atoms with Crippen molar-refractivity contribution in [1.82, 2.24) is 0 Å². The zero-order valence-corrected chi connectivity index (χ0v) is 8.46. The molecule has 2 aromatic carbocycles. The lowest BCUT2D eigenvalue weighted by Crippen LogP contribution is -1.84. The number of aldehydes is 1. The van der Waals surface area contributed by atoms with E-state index in [9.17, 15) is 9.90 Å². The summed E-state index contributed by atoms with van der Waals surface area (Å²) in [5, 5.41) is 9.25. The van der Waals surface area contributed by atoms with Gasteiger partial charge in [0.2, 0.25) is 0 Å². The molecule has 0 amide bonds. The van der Waals surface area contributed by atoms with E-state index >= 15 is 0 Å². The Balaban J connectivity index is 2.17. The highest BCUT2D eigenvalue weighted by atomic mass is 16.5. The van der Waals surface area contributed by atoms with Crippen LogP contribution in [0.4, 0.5) is 0 Å². The molecule has 0 aliphatic heterocycles. The smallest absolute Gasteiger partial charge is 0.150 e. The van der Waals surface area contributed by atoms with Gasteiger partial charge in [-0.2, -0.15) is 0 Å².